The quantitative estimate of drug-likeness (QED) is 0.573. The Morgan fingerprint density at radius 2 is 1.50 bits per heavy atom. The Morgan fingerprint density at radius 3 is 2.11 bits per heavy atom. The number of aryl methyl sites for hydroxylation is 1. The predicted molar refractivity (Wildman–Crippen MR) is 113 cm³/mol. The third-order valence-corrected chi connectivity index (χ3v) is 4.36. The highest BCUT2D eigenvalue weighted by molar-refractivity contribution is 5.68. The van der Waals surface area contributed by atoms with Crippen molar-refractivity contribution in [1.29, 1.82) is 0 Å². The molecule has 3 aromatic rings. The highest BCUT2D eigenvalue weighted by Crippen LogP contribution is 2.31. The molecular formula is C22H26N4O2. The Morgan fingerprint density at radius 1 is 0.821 bits per heavy atom. The molecule has 0 radical (unpaired) electrons. The van der Waals surface area contributed by atoms with Gasteiger partial charge in [-0.2, -0.15) is 0 Å². The molecule has 1 heterocycles. The molecular weight excluding hydrogens is 352 g/mol. The molecule has 28 heavy (non-hydrogen) atoms. The summed E-state index contributed by atoms with van der Waals surface area (Å²) < 4.78 is 10.7. The number of aromatic nitrogens is 2. The molecule has 0 atom stereocenters. The minimum absolute atomic E-state index is 0.505. The smallest absolute Gasteiger partial charge is 0.146 e. The maximum atomic E-state index is 5.45. The van der Waals surface area contributed by atoms with Crippen molar-refractivity contribution in [3.63, 3.8) is 0 Å². The molecule has 2 aromatic carbocycles. The van der Waals surface area contributed by atoms with Crippen molar-refractivity contribution < 1.29 is 9.47 Å². The summed E-state index contributed by atoms with van der Waals surface area (Å²) in [4.78, 5) is 8.96. The SMILES string of the molecule is COc1ccc(Nc2cc(Nc3ccc(C(C)C)cc3)nc(C)n2)c(OC)c1. The van der Waals surface area contributed by atoms with Gasteiger partial charge in [0, 0.05) is 17.8 Å². The lowest BCUT2D eigenvalue weighted by Gasteiger charge is -2.14. The largest absolute Gasteiger partial charge is 0.497 e. The molecule has 6 heteroatoms. The minimum Gasteiger partial charge on any atom is -0.497 e. The van der Waals surface area contributed by atoms with Gasteiger partial charge in [-0.05, 0) is 42.7 Å². The zero-order chi connectivity index (χ0) is 20.1. The van der Waals surface area contributed by atoms with E-state index < -0.39 is 0 Å². The first-order valence-electron chi connectivity index (χ1n) is 9.20. The summed E-state index contributed by atoms with van der Waals surface area (Å²) >= 11 is 0. The van der Waals surface area contributed by atoms with Crippen molar-refractivity contribution in [3.8, 4) is 11.5 Å². The highest BCUT2D eigenvalue weighted by atomic mass is 16.5. The Labute approximate surface area is 166 Å². The molecule has 0 aliphatic heterocycles. The lowest BCUT2D eigenvalue weighted by atomic mass is 10.0. The van der Waals surface area contributed by atoms with Crippen LogP contribution in [0, 0.1) is 6.92 Å². The number of ether oxygens (including phenoxy) is 2. The number of benzene rings is 2. The van der Waals surface area contributed by atoms with E-state index in [1.54, 1.807) is 14.2 Å². The molecule has 2 N–H and O–H groups in total. The van der Waals surface area contributed by atoms with Crippen LogP contribution in [0.1, 0.15) is 31.2 Å². The van der Waals surface area contributed by atoms with Gasteiger partial charge in [-0.15, -0.1) is 0 Å². The number of nitrogens with zero attached hydrogens (tertiary/aromatic N) is 2. The van der Waals surface area contributed by atoms with E-state index in [-0.39, 0.29) is 0 Å². The normalized spacial score (nSPS) is 10.6. The molecule has 0 saturated carbocycles. The fraction of sp³-hybridized carbons (Fsp3) is 0.273. The molecule has 0 fully saturated rings. The van der Waals surface area contributed by atoms with Crippen molar-refractivity contribution in [2.75, 3.05) is 24.9 Å². The van der Waals surface area contributed by atoms with Gasteiger partial charge in [0.2, 0.25) is 0 Å². The van der Waals surface area contributed by atoms with Crippen molar-refractivity contribution in [1.82, 2.24) is 9.97 Å². The zero-order valence-corrected chi connectivity index (χ0v) is 16.9. The van der Waals surface area contributed by atoms with E-state index in [4.69, 9.17) is 9.47 Å². The summed E-state index contributed by atoms with van der Waals surface area (Å²) in [5.41, 5.74) is 3.09. The van der Waals surface area contributed by atoms with Crippen molar-refractivity contribution in [2.24, 2.45) is 0 Å². The lowest BCUT2D eigenvalue weighted by Crippen LogP contribution is -2.02. The topological polar surface area (TPSA) is 68.3 Å². The van der Waals surface area contributed by atoms with Crippen LogP contribution in [0.4, 0.5) is 23.0 Å². The summed E-state index contributed by atoms with van der Waals surface area (Å²) in [6.07, 6.45) is 0. The Balaban J connectivity index is 1.81. The standard InChI is InChI=1S/C22H26N4O2/c1-14(2)16-6-8-17(9-7-16)25-21-13-22(24-15(3)23-21)26-19-11-10-18(27-4)12-20(19)28-5/h6-14H,1-5H3,(H2,23,24,25,26). The number of methoxy groups -OCH3 is 2. The van der Waals surface area contributed by atoms with E-state index in [0.717, 1.165) is 22.9 Å². The molecule has 0 amide bonds. The number of rotatable bonds is 7. The van der Waals surface area contributed by atoms with Crippen LogP contribution in [-0.4, -0.2) is 24.2 Å². The second kappa shape index (κ2) is 8.61. The van der Waals surface area contributed by atoms with Crippen molar-refractivity contribution in [2.45, 2.75) is 26.7 Å². The molecule has 0 aliphatic rings. The van der Waals surface area contributed by atoms with Crippen molar-refractivity contribution in [3.05, 3.63) is 59.9 Å². The zero-order valence-electron chi connectivity index (χ0n) is 16.9. The average molecular weight is 378 g/mol. The first-order chi connectivity index (χ1) is 13.5. The van der Waals surface area contributed by atoms with Gasteiger partial charge in [0.15, 0.2) is 0 Å². The predicted octanol–water partition coefficient (Wildman–Crippen LogP) is 5.41. The van der Waals surface area contributed by atoms with Gasteiger partial charge >= 0.3 is 0 Å². The second-order valence-electron chi connectivity index (χ2n) is 6.78. The maximum absolute atomic E-state index is 5.45. The van der Waals surface area contributed by atoms with Crippen LogP contribution in [0.3, 0.4) is 0 Å². The molecule has 0 aliphatic carbocycles. The van der Waals surface area contributed by atoms with Crippen LogP contribution in [-0.2, 0) is 0 Å². The number of anilines is 4. The van der Waals surface area contributed by atoms with Crippen LogP contribution in [0.2, 0.25) is 0 Å². The van der Waals surface area contributed by atoms with Gasteiger partial charge < -0.3 is 20.1 Å². The Hall–Kier alpha value is -3.28. The fourth-order valence-electron chi connectivity index (χ4n) is 2.83. The van der Waals surface area contributed by atoms with E-state index in [0.29, 0.717) is 23.3 Å². The van der Waals surface area contributed by atoms with Crippen molar-refractivity contribution >= 4 is 23.0 Å². The van der Waals surface area contributed by atoms with E-state index in [9.17, 15) is 0 Å². The Bertz CT molecular complexity index is 940. The van der Waals surface area contributed by atoms with E-state index in [2.05, 4.69) is 58.7 Å². The van der Waals surface area contributed by atoms with Crippen LogP contribution < -0.4 is 20.1 Å². The van der Waals surface area contributed by atoms with Crippen LogP contribution in [0.15, 0.2) is 48.5 Å². The molecule has 0 unspecified atom stereocenters. The second-order valence-corrected chi connectivity index (χ2v) is 6.78. The monoisotopic (exact) mass is 378 g/mol. The number of nitrogens with one attached hydrogen (secondary N) is 2. The summed E-state index contributed by atoms with van der Waals surface area (Å²) in [5.74, 6) is 3.98. The van der Waals surface area contributed by atoms with Gasteiger partial charge in [-0.1, -0.05) is 26.0 Å². The molecule has 0 bridgehead atoms. The summed E-state index contributed by atoms with van der Waals surface area (Å²) in [7, 11) is 3.25. The fourth-order valence-corrected chi connectivity index (χ4v) is 2.83. The summed E-state index contributed by atoms with van der Waals surface area (Å²) in [6, 6.07) is 15.8. The summed E-state index contributed by atoms with van der Waals surface area (Å²) in [5, 5.41) is 6.64. The third kappa shape index (κ3) is 4.71. The summed E-state index contributed by atoms with van der Waals surface area (Å²) in [6.45, 7) is 6.23. The number of hydrogen-bond donors (Lipinski definition) is 2. The van der Waals surface area contributed by atoms with Gasteiger partial charge in [0.1, 0.15) is 29.0 Å². The number of hydrogen-bond acceptors (Lipinski definition) is 6. The van der Waals surface area contributed by atoms with Gasteiger partial charge in [-0.25, -0.2) is 9.97 Å². The molecule has 146 valence electrons. The molecule has 0 spiro atoms. The van der Waals surface area contributed by atoms with Crippen LogP contribution in [0.25, 0.3) is 0 Å². The van der Waals surface area contributed by atoms with Crippen LogP contribution in [0.5, 0.6) is 11.5 Å². The average Bonchev–Trinajstić information content (AvgIpc) is 2.68. The lowest BCUT2D eigenvalue weighted by molar-refractivity contribution is 0.395. The van der Waals surface area contributed by atoms with Crippen LogP contribution >= 0.6 is 0 Å². The van der Waals surface area contributed by atoms with E-state index in [1.807, 2.05) is 31.2 Å². The van der Waals surface area contributed by atoms with Gasteiger partial charge in [-0.3, -0.25) is 0 Å². The minimum atomic E-state index is 0.505. The molecule has 1 aromatic heterocycles. The molecule has 6 nitrogen and oxygen atoms in total. The maximum Gasteiger partial charge on any atom is 0.146 e. The van der Waals surface area contributed by atoms with Gasteiger partial charge in [0.25, 0.3) is 0 Å². The first-order valence-corrected chi connectivity index (χ1v) is 9.20. The third-order valence-electron chi connectivity index (χ3n) is 4.36. The first kappa shape index (κ1) is 19.5. The van der Waals surface area contributed by atoms with E-state index in [1.165, 1.54) is 5.56 Å². The molecule has 3 rings (SSSR count). The van der Waals surface area contributed by atoms with Gasteiger partial charge in [0.05, 0.1) is 19.9 Å². The highest BCUT2D eigenvalue weighted by Gasteiger charge is 2.09. The van der Waals surface area contributed by atoms with E-state index >= 15 is 0 Å². The molecule has 0 saturated heterocycles. The Kier molecular flexibility index (Phi) is 5.99.